The smallest absolute Gasteiger partial charge is 0.240 e. The average molecular weight is 456 g/mol. The molecule has 1 amide bonds. The zero-order chi connectivity index (χ0) is 22.1. The Kier molecular flexibility index (Phi) is 6.03. The fourth-order valence-electron chi connectivity index (χ4n) is 4.44. The van der Waals surface area contributed by atoms with Crippen LogP contribution in [0.4, 0.5) is 5.69 Å². The van der Waals surface area contributed by atoms with Gasteiger partial charge in [0.25, 0.3) is 0 Å². The van der Waals surface area contributed by atoms with Crippen molar-refractivity contribution in [3.8, 4) is 0 Å². The lowest BCUT2D eigenvalue weighted by atomic mass is 10.1. The first-order valence-electron chi connectivity index (χ1n) is 11.3. The number of sulfonamides is 1. The van der Waals surface area contributed by atoms with E-state index in [0.717, 1.165) is 62.5 Å². The summed E-state index contributed by atoms with van der Waals surface area (Å²) in [4.78, 5) is 16.9. The zero-order valence-electron chi connectivity index (χ0n) is 18.1. The minimum absolute atomic E-state index is 0.157. The molecule has 2 heterocycles. The lowest BCUT2D eigenvalue weighted by molar-refractivity contribution is -0.119. The standard InChI is InChI=1S/C24H29N3O4S/c28-24(20-4-5-20)27-9-8-21-15-22(6-7-23(21)27)32(29,30)25-16-18-2-1-3-19(14-18)17-26-10-12-31-13-11-26/h1-3,6-7,14-15,20,25H,4-5,8-13,16-17H2. The summed E-state index contributed by atoms with van der Waals surface area (Å²) in [5.41, 5.74) is 3.88. The molecule has 1 saturated heterocycles. The van der Waals surface area contributed by atoms with E-state index in [1.54, 1.807) is 18.2 Å². The minimum atomic E-state index is -3.64. The molecule has 2 aliphatic heterocycles. The minimum Gasteiger partial charge on any atom is -0.379 e. The van der Waals surface area contributed by atoms with Crippen LogP contribution in [-0.4, -0.2) is 52.1 Å². The van der Waals surface area contributed by atoms with Crippen LogP contribution in [0.2, 0.25) is 0 Å². The zero-order valence-corrected chi connectivity index (χ0v) is 18.9. The van der Waals surface area contributed by atoms with Crippen molar-refractivity contribution in [3.05, 3.63) is 59.2 Å². The third kappa shape index (κ3) is 4.73. The predicted molar refractivity (Wildman–Crippen MR) is 122 cm³/mol. The summed E-state index contributed by atoms with van der Waals surface area (Å²) in [5.74, 6) is 0.333. The lowest BCUT2D eigenvalue weighted by Crippen LogP contribution is -2.35. The van der Waals surface area contributed by atoms with Crippen LogP contribution in [0.3, 0.4) is 0 Å². The van der Waals surface area contributed by atoms with Crippen LogP contribution < -0.4 is 9.62 Å². The summed E-state index contributed by atoms with van der Waals surface area (Å²) >= 11 is 0. The second kappa shape index (κ2) is 8.94. The van der Waals surface area contributed by atoms with Crippen molar-refractivity contribution >= 4 is 21.6 Å². The van der Waals surface area contributed by atoms with E-state index < -0.39 is 10.0 Å². The van der Waals surface area contributed by atoms with Crippen LogP contribution in [0.15, 0.2) is 47.4 Å². The van der Waals surface area contributed by atoms with Crippen LogP contribution in [-0.2, 0) is 39.1 Å². The highest BCUT2D eigenvalue weighted by molar-refractivity contribution is 7.89. The van der Waals surface area contributed by atoms with Gasteiger partial charge >= 0.3 is 0 Å². The number of nitrogens with zero attached hydrogens (tertiary/aromatic N) is 2. The molecule has 32 heavy (non-hydrogen) atoms. The Balaban J connectivity index is 1.24. The van der Waals surface area contributed by atoms with E-state index in [4.69, 9.17) is 4.74 Å². The maximum atomic E-state index is 12.9. The monoisotopic (exact) mass is 455 g/mol. The van der Waals surface area contributed by atoms with Crippen LogP contribution in [0.25, 0.3) is 0 Å². The Morgan fingerprint density at radius 2 is 1.81 bits per heavy atom. The first-order valence-corrected chi connectivity index (χ1v) is 12.8. The number of rotatable bonds is 7. The SMILES string of the molecule is O=C(C1CC1)N1CCc2cc(S(=O)(=O)NCc3cccc(CN4CCOCC4)c3)ccc21. The van der Waals surface area contributed by atoms with Gasteiger partial charge in [-0.3, -0.25) is 9.69 Å². The quantitative estimate of drug-likeness (QED) is 0.693. The van der Waals surface area contributed by atoms with Gasteiger partial charge < -0.3 is 9.64 Å². The molecule has 2 aromatic rings. The third-order valence-corrected chi connectivity index (χ3v) is 7.82. The number of amides is 1. The number of nitrogens with one attached hydrogen (secondary N) is 1. The van der Waals surface area contributed by atoms with E-state index in [0.29, 0.717) is 13.0 Å². The summed E-state index contributed by atoms with van der Waals surface area (Å²) in [5, 5.41) is 0. The first kappa shape index (κ1) is 21.6. The molecule has 3 aliphatic rings. The summed E-state index contributed by atoms with van der Waals surface area (Å²) in [6.45, 7) is 5.06. The highest BCUT2D eigenvalue weighted by atomic mass is 32.2. The van der Waals surface area contributed by atoms with E-state index >= 15 is 0 Å². The molecule has 1 N–H and O–H groups in total. The largest absolute Gasteiger partial charge is 0.379 e. The molecule has 1 saturated carbocycles. The normalized spacial score (nSPS) is 19.2. The summed E-state index contributed by atoms with van der Waals surface area (Å²) in [6, 6.07) is 13.1. The van der Waals surface area contributed by atoms with Crippen molar-refractivity contribution in [3.63, 3.8) is 0 Å². The van der Waals surface area contributed by atoms with Crippen LogP contribution in [0, 0.1) is 5.92 Å². The fourth-order valence-corrected chi connectivity index (χ4v) is 5.51. The number of anilines is 1. The van der Waals surface area contributed by atoms with Crippen molar-refractivity contribution in [2.75, 3.05) is 37.7 Å². The van der Waals surface area contributed by atoms with E-state index in [1.807, 2.05) is 17.0 Å². The maximum Gasteiger partial charge on any atom is 0.240 e. The molecule has 0 bridgehead atoms. The van der Waals surface area contributed by atoms with Crippen LogP contribution >= 0.6 is 0 Å². The Morgan fingerprint density at radius 3 is 2.59 bits per heavy atom. The molecule has 2 aromatic carbocycles. The molecule has 170 valence electrons. The molecular weight excluding hydrogens is 426 g/mol. The molecule has 5 rings (SSSR count). The molecule has 7 nitrogen and oxygen atoms in total. The van der Waals surface area contributed by atoms with E-state index in [-0.39, 0.29) is 23.3 Å². The Labute approximate surface area is 189 Å². The van der Waals surface area contributed by atoms with Crippen molar-refractivity contribution in [1.82, 2.24) is 9.62 Å². The Hall–Kier alpha value is -2.26. The molecule has 0 atom stereocenters. The van der Waals surface area contributed by atoms with Gasteiger partial charge in [0.05, 0.1) is 18.1 Å². The van der Waals surface area contributed by atoms with Crippen LogP contribution in [0.1, 0.15) is 29.5 Å². The average Bonchev–Trinajstić information content (AvgIpc) is 3.57. The van der Waals surface area contributed by atoms with Gasteiger partial charge in [0.2, 0.25) is 15.9 Å². The molecule has 0 aromatic heterocycles. The third-order valence-electron chi connectivity index (χ3n) is 6.42. The van der Waals surface area contributed by atoms with Gasteiger partial charge in [-0.25, -0.2) is 13.1 Å². The first-order chi connectivity index (χ1) is 15.5. The summed E-state index contributed by atoms with van der Waals surface area (Å²) in [7, 11) is -3.64. The van der Waals surface area contributed by atoms with Crippen molar-refractivity contribution in [1.29, 1.82) is 0 Å². The number of hydrogen-bond acceptors (Lipinski definition) is 5. The van der Waals surface area contributed by atoms with Gasteiger partial charge in [0, 0.05) is 44.3 Å². The number of ether oxygens (including phenoxy) is 1. The van der Waals surface area contributed by atoms with E-state index in [2.05, 4.69) is 21.8 Å². The van der Waals surface area contributed by atoms with Crippen molar-refractivity contribution in [2.45, 2.75) is 37.2 Å². The highest BCUT2D eigenvalue weighted by Crippen LogP contribution is 2.37. The molecule has 2 fully saturated rings. The molecule has 8 heteroatoms. The van der Waals surface area contributed by atoms with E-state index in [1.165, 1.54) is 5.56 Å². The van der Waals surface area contributed by atoms with Gasteiger partial charge in [-0.15, -0.1) is 0 Å². The van der Waals surface area contributed by atoms with Crippen molar-refractivity contribution < 1.29 is 17.9 Å². The van der Waals surface area contributed by atoms with Crippen molar-refractivity contribution in [2.24, 2.45) is 5.92 Å². The second-order valence-electron chi connectivity index (χ2n) is 8.84. The van der Waals surface area contributed by atoms with Crippen LogP contribution in [0.5, 0.6) is 0 Å². The van der Waals surface area contributed by atoms with Gasteiger partial charge in [0.15, 0.2) is 0 Å². The second-order valence-corrected chi connectivity index (χ2v) is 10.6. The number of benzene rings is 2. The molecule has 0 radical (unpaired) electrons. The number of morpholine rings is 1. The Morgan fingerprint density at radius 1 is 1.03 bits per heavy atom. The van der Waals surface area contributed by atoms with Gasteiger partial charge in [-0.2, -0.15) is 0 Å². The number of carbonyl (C=O) groups excluding carboxylic acids is 1. The lowest BCUT2D eigenvalue weighted by Gasteiger charge is -2.26. The van der Waals surface area contributed by atoms with Gasteiger partial charge in [0.1, 0.15) is 0 Å². The predicted octanol–water partition coefficient (Wildman–Crippen LogP) is 2.30. The summed E-state index contributed by atoms with van der Waals surface area (Å²) in [6.07, 6.45) is 2.63. The molecule has 0 unspecified atom stereocenters. The topological polar surface area (TPSA) is 79.0 Å². The number of carbonyl (C=O) groups is 1. The number of fused-ring (bicyclic) bond motifs is 1. The van der Waals surface area contributed by atoms with E-state index in [9.17, 15) is 13.2 Å². The molecule has 0 spiro atoms. The molecular formula is C24H29N3O4S. The highest BCUT2D eigenvalue weighted by Gasteiger charge is 2.36. The molecule has 1 aliphatic carbocycles. The summed E-state index contributed by atoms with van der Waals surface area (Å²) < 4.78 is 34.0. The fraction of sp³-hybridized carbons (Fsp3) is 0.458. The van der Waals surface area contributed by atoms with Gasteiger partial charge in [-0.1, -0.05) is 24.3 Å². The Bertz CT molecular complexity index is 1110. The number of hydrogen-bond donors (Lipinski definition) is 1. The van der Waals surface area contributed by atoms with Gasteiger partial charge in [-0.05, 0) is 54.2 Å². The maximum absolute atomic E-state index is 12.9.